The summed E-state index contributed by atoms with van der Waals surface area (Å²) >= 11 is 5.32. The van der Waals surface area contributed by atoms with Gasteiger partial charge in [0.05, 0.1) is 131 Å². The van der Waals surface area contributed by atoms with Crippen LogP contribution in [0.15, 0.2) is 83.5 Å². The fraction of sp³-hybridized carbons (Fsp3) is 0.579. The maximum absolute atomic E-state index is 13.4. The first kappa shape index (κ1) is 70.2. The fourth-order valence-corrected chi connectivity index (χ4v) is 8.57. The number of nitrogens with zero attached hydrogens (tertiary/aromatic N) is 12. The van der Waals surface area contributed by atoms with Crippen molar-refractivity contribution in [3.8, 4) is 11.5 Å². The number of azide groups is 2. The van der Waals surface area contributed by atoms with Crippen LogP contribution in [0.5, 0.6) is 11.5 Å². The predicted octanol–water partition coefficient (Wildman–Crippen LogP) is 6.27. The largest absolute Gasteiger partial charge is 0.494 e. The number of ether oxygens (including phenoxy) is 10. The summed E-state index contributed by atoms with van der Waals surface area (Å²) in [5.74, 6) is 0.296. The molecule has 0 aliphatic carbocycles. The molecule has 2 atom stereocenters. The van der Waals surface area contributed by atoms with Crippen LogP contribution in [0.3, 0.4) is 0 Å². The lowest BCUT2D eigenvalue weighted by Gasteiger charge is -2.24. The van der Waals surface area contributed by atoms with Crippen molar-refractivity contribution in [3.05, 3.63) is 128 Å². The Labute approximate surface area is 500 Å². The number of amides is 2. The van der Waals surface area contributed by atoms with E-state index in [9.17, 15) is 19.2 Å². The molecule has 2 aliphatic heterocycles. The number of rotatable bonds is 38. The number of methoxy groups -OCH3 is 2. The highest BCUT2D eigenvalue weighted by Crippen LogP contribution is 2.30. The molecule has 4 aromatic rings. The Hall–Kier alpha value is -7.29. The summed E-state index contributed by atoms with van der Waals surface area (Å²) in [5, 5.41) is 7.06. The molecule has 2 aliphatic rings. The van der Waals surface area contributed by atoms with E-state index in [1.165, 1.54) is 14.2 Å². The lowest BCUT2D eigenvalue weighted by molar-refractivity contribution is -0.147. The third-order valence-corrected chi connectivity index (χ3v) is 12.9. The van der Waals surface area contributed by atoms with Crippen LogP contribution in [0, 0.1) is 11.8 Å². The van der Waals surface area contributed by atoms with E-state index in [4.69, 9.17) is 75.8 Å². The number of aryl methyl sites for hydroxylation is 1. The summed E-state index contributed by atoms with van der Waals surface area (Å²) in [7, 11) is 2.66. The van der Waals surface area contributed by atoms with Crippen LogP contribution in [0.1, 0.15) is 60.2 Å². The Balaban J connectivity index is 0.000000329. The van der Waals surface area contributed by atoms with E-state index in [-0.39, 0.29) is 24.7 Å². The molecule has 2 aromatic heterocycles. The lowest BCUT2D eigenvalue weighted by Crippen LogP contribution is -2.38. The number of hydrogen-bond acceptors (Lipinski definition) is 21. The van der Waals surface area contributed by atoms with Crippen molar-refractivity contribution in [2.45, 2.75) is 64.5 Å². The number of esters is 2. The second-order valence-corrected chi connectivity index (χ2v) is 19.1. The van der Waals surface area contributed by atoms with E-state index in [0.717, 1.165) is 65.3 Å². The van der Waals surface area contributed by atoms with Crippen molar-refractivity contribution in [2.75, 3.05) is 139 Å². The van der Waals surface area contributed by atoms with Gasteiger partial charge in [-0.05, 0) is 120 Å². The Kier molecular flexibility index (Phi) is 36.5. The van der Waals surface area contributed by atoms with Crippen molar-refractivity contribution >= 4 is 35.4 Å². The molecule has 2 aromatic carbocycles. The van der Waals surface area contributed by atoms with Gasteiger partial charge in [0.15, 0.2) is 0 Å². The zero-order valence-corrected chi connectivity index (χ0v) is 49.4. The van der Waals surface area contributed by atoms with Crippen molar-refractivity contribution in [1.29, 1.82) is 0 Å². The van der Waals surface area contributed by atoms with Gasteiger partial charge in [0.25, 0.3) is 0 Å². The van der Waals surface area contributed by atoms with Crippen LogP contribution in [-0.4, -0.2) is 193 Å². The summed E-state index contributed by atoms with van der Waals surface area (Å²) in [4.78, 5) is 75.2. The van der Waals surface area contributed by atoms with E-state index in [2.05, 4.69) is 40.0 Å². The van der Waals surface area contributed by atoms with Gasteiger partial charge < -0.3 is 62.9 Å². The second kappa shape index (κ2) is 44.2. The van der Waals surface area contributed by atoms with E-state index in [0.29, 0.717) is 156 Å². The molecule has 0 spiro atoms. The van der Waals surface area contributed by atoms with Gasteiger partial charge in [0.2, 0.25) is 17.1 Å². The number of carbonyl (C=O) groups excluding carboxylic acids is 4. The van der Waals surface area contributed by atoms with E-state index < -0.39 is 23.8 Å². The monoisotopic (exact) mass is 1210 g/mol. The van der Waals surface area contributed by atoms with Gasteiger partial charge in [0, 0.05) is 80.3 Å². The van der Waals surface area contributed by atoms with Gasteiger partial charge in [-0.25, -0.2) is 19.9 Å². The summed E-state index contributed by atoms with van der Waals surface area (Å²) < 4.78 is 54.3. The van der Waals surface area contributed by atoms with Crippen LogP contribution in [0.2, 0.25) is 5.28 Å². The summed E-state index contributed by atoms with van der Waals surface area (Å²) in [6.07, 6.45) is 11.0. The molecule has 28 heteroatoms. The first-order chi connectivity index (χ1) is 41.6. The standard InChI is InChI=1S/C29H40N6O7.C24H37N5O7.C4H3ClN2/c1-38-28(36)21-24-19-23-6-7-26(42-12-3-2-5-27-31-8-4-9-32-27)20-25(23)22-35(29(24)37)11-14-40-16-18-41-17-15-39-13-10-33-34-30;1-32-23(30)17-20-15-19-3-4-22(36-8-2-5-25)16-21(19)18-29(24(20)31)7-10-34-12-14-35-13-11-33-9-6-27-28-26;5-4-6-2-1-3-7-4/h4,6-9,20,24H,2-3,5,10-19,21-22H2,1H3;3-4,16,20H,2,5-15,17-18,25H2,1H3;1-3H/t24-;20-;/m00./s1. The van der Waals surface area contributed by atoms with Gasteiger partial charge in [-0.2, -0.15) is 0 Å². The Morgan fingerprint density at radius 1 is 0.576 bits per heavy atom. The van der Waals surface area contributed by atoms with Crippen molar-refractivity contribution in [1.82, 2.24) is 29.7 Å². The molecule has 6 rings (SSSR count). The molecule has 85 heavy (non-hydrogen) atoms. The fourth-order valence-electron chi connectivity index (χ4n) is 8.45. The minimum Gasteiger partial charge on any atom is -0.494 e. The van der Waals surface area contributed by atoms with Gasteiger partial charge in [-0.3, -0.25) is 19.2 Å². The number of halogens is 1. The molecular weight excluding hydrogens is 1130 g/mol. The smallest absolute Gasteiger partial charge is 0.306 e. The summed E-state index contributed by atoms with van der Waals surface area (Å²) in [6.45, 7) is 8.35. The Morgan fingerprint density at radius 3 is 1.39 bits per heavy atom. The molecule has 0 saturated carbocycles. The van der Waals surface area contributed by atoms with Crippen molar-refractivity contribution < 1.29 is 66.5 Å². The van der Waals surface area contributed by atoms with E-state index in [1.807, 2.05) is 36.4 Å². The van der Waals surface area contributed by atoms with Crippen molar-refractivity contribution in [2.24, 2.45) is 27.8 Å². The third kappa shape index (κ3) is 29.9. The molecule has 0 unspecified atom stereocenters. The minimum atomic E-state index is -0.507. The van der Waals surface area contributed by atoms with E-state index in [1.54, 1.807) is 46.7 Å². The van der Waals surface area contributed by atoms with Gasteiger partial charge >= 0.3 is 11.9 Å². The lowest BCUT2D eigenvalue weighted by atomic mass is 9.94. The number of benzene rings is 2. The third-order valence-electron chi connectivity index (χ3n) is 12.7. The highest BCUT2D eigenvalue weighted by Gasteiger charge is 2.33. The normalized spacial score (nSPS) is 14.3. The summed E-state index contributed by atoms with van der Waals surface area (Å²) in [6, 6.07) is 15.2. The minimum absolute atomic E-state index is 0.0221. The van der Waals surface area contributed by atoms with E-state index >= 15 is 0 Å². The molecule has 0 bridgehead atoms. The van der Waals surface area contributed by atoms with Crippen molar-refractivity contribution in [3.63, 3.8) is 0 Å². The van der Waals surface area contributed by atoms with Gasteiger partial charge in [-0.1, -0.05) is 22.4 Å². The Morgan fingerprint density at radius 2 is 0.988 bits per heavy atom. The highest BCUT2D eigenvalue weighted by molar-refractivity contribution is 6.28. The van der Waals surface area contributed by atoms with Crippen LogP contribution < -0.4 is 15.2 Å². The molecular formula is C57H80ClN13O14. The highest BCUT2D eigenvalue weighted by atomic mass is 35.5. The van der Waals surface area contributed by atoms with Crippen LogP contribution in [-0.2, 0) is 89.4 Å². The number of unbranched alkanes of at least 4 members (excludes halogenated alkanes) is 1. The maximum atomic E-state index is 13.4. The molecule has 464 valence electrons. The second-order valence-electron chi connectivity index (χ2n) is 18.8. The Bertz CT molecular complexity index is 2640. The molecule has 0 fully saturated rings. The van der Waals surface area contributed by atoms with Gasteiger partial charge in [-0.15, -0.1) is 0 Å². The van der Waals surface area contributed by atoms with Gasteiger partial charge in [0.1, 0.15) is 17.3 Å². The molecule has 2 amide bonds. The molecule has 0 radical (unpaired) electrons. The quantitative estimate of drug-likeness (QED) is 0.0129. The summed E-state index contributed by atoms with van der Waals surface area (Å²) in [5.41, 5.74) is 26.0. The maximum Gasteiger partial charge on any atom is 0.306 e. The first-order valence-corrected chi connectivity index (χ1v) is 28.5. The molecule has 27 nitrogen and oxygen atoms in total. The number of fused-ring (bicyclic) bond motifs is 2. The average Bonchev–Trinajstić information content (AvgIpc) is 3.98. The number of nitrogens with two attached hydrogens (primary N) is 1. The first-order valence-electron chi connectivity index (χ1n) is 28.2. The zero-order chi connectivity index (χ0) is 61.0. The van der Waals surface area contributed by atoms with Crippen LogP contribution >= 0.6 is 11.6 Å². The van der Waals surface area contributed by atoms with Crippen LogP contribution in [0.4, 0.5) is 0 Å². The predicted molar refractivity (Wildman–Crippen MR) is 311 cm³/mol. The number of carbonyl (C=O) groups is 4. The topological polar surface area (TPSA) is 342 Å². The zero-order valence-electron chi connectivity index (χ0n) is 48.6. The molecule has 4 heterocycles. The average molecular weight is 1210 g/mol. The molecule has 2 N–H and O–H groups in total. The molecule has 0 saturated heterocycles. The number of hydrogen-bond donors (Lipinski definition) is 1. The number of aromatic nitrogens is 4. The SMILES string of the molecule is COC(=O)C[C@@H]1Cc2ccc(OCCCCc3ncccn3)cc2CN(CCOCCOCCOCCN=[N+]=[N-])C1=O.COC(=O)C[C@@H]1Cc2ccc(OCCCN)cc2CN(CCOCCOCCOCCN=[N+]=[N-])C1=O.Clc1ncccn1. The van der Waals surface area contributed by atoms with Crippen LogP contribution in [0.25, 0.3) is 20.9 Å².